The zero-order valence-corrected chi connectivity index (χ0v) is 13.0. The van der Waals surface area contributed by atoms with E-state index in [4.69, 9.17) is 9.47 Å². The number of hydrogen-bond acceptors (Lipinski definition) is 4. The molecule has 1 amide bonds. The monoisotopic (exact) mass is 313 g/mol. The SMILES string of the molecule is Cc1ccc(O)c(C(=O)NCCc2ccc3c(c2)OCCO3)c1. The molecule has 2 N–H and O–H groups in total. The van der Waals surface area contributed by atoms with Gasteiger partial charge >= 0.3 is 0 Å². The molecule has 120 valence electrons. The number of phenols is 1. The van der Waals surface area contributed by atoms with Gasteiger partial charge in [-0.05, 0) is 43.2 Å². The molecule has 5 heteroatoms. The molecule has 0 spiro atoms. The number of carbonyl (C=O) groups is 1. The van der Waals surface area contributed by atoms with E-state index in [1.54, 1.807) is 12.1 Å². The Bertz CT molecular complexity index is 727. The highest BCUT2D eigenvalue weighted by Crippen LogP contribution is 2.30. The van der Waals surface area contributed by atoms with Crippen LogP contribution in [0.1, 0.15) is 21.5 Å². The van der Waals surface area contributed by atoms with Gasteiger partial charge in [-0.1, -0.05) is 17.7 Å². The minimum absolute atomic E-state index is 0.00701. The molecule has 0 saturated carbocycles. The van der Waals surface area contributed by atoms with E-state index in [1.165, 1.54) is 6.07 Å². The fourth-order valence-electron chi connectivity index (χ4n) is 2.49. The van der Waals surface area contributed by atoms with Crippen LogP contribution in [0.5, 0.6) is 17.2 Å². The molecule has 0 aromatic heterocycles. The van der Waals surface area contributed by atoms with Crippen LogP contribution in [0, 0.1) is 6.92 Å². The van der Waals surface area contributed by atoms with Crippen LogP contribution < -0.4 is 14.8 Å². The number of fused-ring (bicyclic) bond motifs is 1. The molecule has 0 aliphatic carbocycles. The van der Waals surface area contributed by atoms with Crippen LogP contribution in [0.4, 0.5) is 0 Å². The van der Waals surface area contributed by atoms with E-state index < -0.39 is 0 Å². The van der Waals surface area contributed by atoms with Crippen LogP contribution in [0.15, 0.2) is 36.4 Å². The molecule has 1 heterocycles. The number of phenolic OH excluding ortho intramolecular Hbond substituents is 1. The number of ether oxygens (including phenoxy) is 2. The molecule has 0 bridgehead atoms. The van der Waals surface area contributed by atoms with Gasteiger partial charge in [0.1, 0.15) is 19.0 Å². The van der Waals surface area contributed by atoms with Gasteiger partial charge in [0.25, 0.3) is 5.91 Å². The van der Waals surface area contributed by atoms with Crippen molar-refractivity contribution in [2.24, 2.45) is 0 Å². The molecule has 0 unspecified atom stereocenters. The number of rotatable bonds is 4. The Morgan fingerprint density at radius 1 is 1.13 bits per heavy atom. The maximum Gasteiger partial charge on any atom is 0.255 e. The van der Waals surface area contributed by atoms with Crippen molar-refractivity contribution in [1.29, 1.82) is 0 Å². The topological polar surface area (TPSA) is 67.8 Å². The first-order valence-corrected chi connectivity index (χ1v) is 7.60. The summed E-state index contributed by atoms with van der Waals surface area (Å²) in [5.74, 6) is 1.22. The first kappa shape index (κ1) is 15.2. The number of benzene rings is 2. The maximum absolute atomic E-state index is 12.1. The molecule has 3 rings (SSSR count). The summed E-state index contributed by atoms with van der Waals surface area (Å²) in [5, 5.41) is 12.6. The quantitative estimate of drug-likeness (QED) is 0.910. The van der Waals surface area contributed by atoms with E-state index in [9.17, 15) is 9.90 Å². The van der Waals surface area contributed by atoms with Gasteiger partial charge in [0.2, 0.25) is 0 Å². The summed E-state index contributed by atoms with van der Waals surface area (Å²) in [6, 6.07) is 10.8. The minimum Gasteiger partial charge on any atom is -0.507 e. The second-order valence-electron chi connectivity index (χ2n) is 5.50. The summed E-state index contributed by atoms with van der Waals surface area (Å²) < 4.78 is 11.0. The molecule has 23 heavy (non-hydrogen) atoms. The van der Waals surface area contributed by atoms with Crippen molar-refractivity contribution in [3.8, 4) is 17.2 Å². The van der Waals surface area contributed by atoms with Crippen LogP contribution in [0.2, 0.25) is 0 Å². The summed E-state index contributed by atoms with van der Waals surface area (Å²) >= 11 is 0. The Morgan fingerprint density at radius 2 is 1.91 bits per heavy atom. The van der Waals surface area contributed by atoms with Gasteiger partial charge < -0.3 is 19.9 Å². The lowest BCUT2D eigenvalue weighted by molar-refractivity contribution is 0.0951. The summed E-state index contributed by atoms with van der Waals surface area (Å²) in [4.78, 5) is 12.1. The van der Waals surface area contributed by atoms with Gasteiger partial charge in [-0.25, -0.2) is 0 Å². The van der Waals surface area contributed by atoms with E-state index in [0.717, 1.165) is 22.6 Å². The molecule has 0 atom stereocenters. The Balaban J connectivity index is 1.59. The van der Waals surface area contributed by atoms with Crippen LogP contribution in [0.25, 0.3) is 0 Å². The molecule has 0 saturated heterocycles. The van der Waals surface area contributed by atoms with Crippen LogP contribution in [-0.4, -0.2) is 30.8 Å². The van der Waals surface area contributed by atoms with Crippen molar-refractivity contribution in [3.63, 3.8) is 0 Å². The summed E-state index contributed by atoms with van der Waals surface area (Å²) in [7, 11) is 0. The maximum atomic E-state index is 12.1. The fourth-order valence-corrected chi connectivity index (χ4v) is 2.49. The van der Waals surface area contributed by atoms with E-state index >= 15 is 0 Å². The highest BCUT2D eigenvalue weighted by Gasteiger charge is 2.13. The molecule has 0 radical (unpaired) electrons. The number of aryl methyl sites for hydroxylation is 1. The fraction of sp³-hybridized carbons (Fsp3) is 0.278. The van der Waals surface area contributed by atoms with Gasteiger partial charge in [0.05, 0.1) is 5.56 Å². The lowest BCUT2D eigenvalue weighted by atomic mass is 10.1. The first-order chi connectivity index (χ1) is 11.1. The second kappa shape index (κ2) is 6.60. The predicted molar refractivity (Wildman–Crippen MR) is 86.3 cm³/mol. The Morgan fingerprint density at radius 3 is 2.74 bits per heavy atom. The first-order valence-electron chi connectivity index (χ1n) is 7.60. The van der Waals surface area contributed by atoms with Gasteiger partial charge in [0, 0.05) is 6.54 Å². The molecule has 1 aliphatic heterocycles. The van der Waals surface area contributed by atoms with Crippen LogP contribution >= 0.6 is 0 Å². The standard InChI is InChI=1S/C18H19NO4/c1-12-2-4-15(20)14(10-12)18(21)19-7-6-13-3-5-16-17(11-13)23-9-8-22-16/h2-5,10-11,20H,6-9H2,1H3,(H,19,21). The highest BCUT2D eigenvalue weighted by atomic mass is 16.6. The van der Waals surface area contributed by atoms with Crippen molar-refractivity contribution in [2.75, 3.05) is 19.8 Å². The Hall–Kier alpha value is -2.69. The van der Waals surface area contributed by atoms with E-state index in [0.29, 0.717) is 31.7 Å². The molecular formula is C18H19NO4. The van der Waals surface area contributed by atoms with Gasteiger partial charge in [-0.2, -0.15) is 0 Å². The average molecular weight is 313 g/mol. The van der Waals surface area contributed by atoms with Crippen molar-refractivity contribution in [2.45, 2.75) is 13.3 Å². The highest BCUT2D eigenvalue weighted by molar-refractivity contribution is 5.96. The number of carbonyl (C=O) groups excluding carboxylic acids is 1. The molecule has 2 aromatic carbocycles. The largest absolute Gasteiger partial charge is 0.507 e. The normalized spacial score (nSPS) is 12.7. The zero-order valence-electron chi connectivity index (χ0n) is 13.0. The van der Waals surface area contributed by atoms with Gasteiger partial charge in [-0.3, -0.25) is 4.79 Å². The third-order valence-corrected chi connectivity index (χ3v) is 3.70. The lowest BCUT2D eigenvalue weighted by Gasteiger charge is -2.18. The summed E-state index contributed by atoms with van der Waals surface area (Å²) in [5.41, 5.74) is 2.29. The number of nitrogens with one attached hydrogen (secondary N) is 1. The third-order valence-electron chi connectivity index (χ3n) is 3.70. The van der Waals surface area contributed by atoms with Gasteiger partial charge in [0.15, 0.2) is 11.5 Å². The predicted octanol–water partition coefficient (Wildman–Crippen LogP) is 2.44. The number of amides is 1. The third kappa shape index (κ3) is 3.56. The smallest absolute Gasteiger partial charge is 0.255 e. The molecule has 1 aliphatic rings. The lowest BCUT2D eigenvalue weighted by Crippen LogP contribution is -2.26. The second-order valence-corrected chi connectivity index (χ2v) is 5.50. The number of hydrogen-bond donors (Lipinski definition) is 2. The molecular weight excluding hydrogens is 294 g/mol. The molecule has 5 nitrogen and oxygen atoms in total. The van der Waals surface area contributed by atoms with E-state index in [-0.39, 0.29) is 11.7 Å². The van der Waals surface area contributed by atoms with Crippen LogP contribution in [0.3, 0.4) is 0 Å². The van der Waals surface area contributed by atoms with Crippen LogP contribution in [-0.2, 0) is 6.42 Å². The minimum atomic E-state index is -0.274. The van der Waals surface area contributed by atoms with Crippen molar-refractivity contribution in [3.05, 3.63) is 53.1 Å². The van der Waals surface area contributed by atoms with Crippen molar-refractivity contribution in [1.82, 2.24) is 5.32 Å². The van der Waals surface area contributed by atoms with E-state index in [1.807, 2.05) is 25.1 Å². The molecule has 0 fully saturated rings. The van der Waals surface area contributed by atoms with Crippen molar-refractivity contribution >= 4 is 5.91 Å². The van der Waals surface area contributed by atoms with E-state index in [2.05, 4.69) is 5.32 Å². The average Bonchev–Trinajstić information content (AvgIpc) is 2.57. The molecule has 2 aromatic rings. The summed E-state index contributed by atoms with van der Waals surface area (Å²) in [6.45, 7) is 3.49. The summed E-state index contributed by atoms with van der Waals surface area (Å²) in [6.07, 6.45) is 0.676. The zero-order chi connectivity index (χ0) is 16.2. The van der Waals surface area contributed by atoms with Crippen molar-refractivity contribution < 1.29 is 19.4 Å². The Labute approximate surface area is 134 Å². The Kier molecular flexibility index (Phi) is 4.37. The van der Waals surface area contributed by atoms with Gasteiger partial charge in [-0.15, -0.1) is 0 Å². The number of aromatic hydroxyl groups is 1.